The number of carbonyl (C=O) groups excluding carboxylic acids is 1. The van der Waals surface area contributed by atoms with Crippen LogP contribution in [-0.4, -0.2) is 21.9 Å². The molecule has 0 spiro atoms. The van der Waals surface area contributed by atoms with Gasteiger partial charge in [0.15, 0.2) is 0 Å². The third kappa shape index (κ3) is 4.28. The van der Waals surface area contributed by atoms with Crippen molar-refractivity contribution in [1.82, 2.24) is 15.3 Å². The minimum atomic E-state index is -0.174. The molecule has 116 valence electrons. The van der Waals surface area contributed by atoms with Crippen molar-refractivity contribution < 1.29 is 4.79 Å². The predicted molar refractivity (Wildman–Crippen MR) is 87.7 cm³/mol. The van der Waals surface area contributed by atoms with Crippen LogP contribution in [0.15, 0.2) is 42.6 Å². The SMILES string of the molecule is CCC(C)NC(=O)c1ccnc(NC(C)c2ccccc2)n1. The number of nitrogens with one attached hydrogen (secondary N) is 2. The van der Waals surface area contributed by atoms with Gasteiger partial charge in [-0.3, -0.25) is 4.79 Å². The molecule has 0 aliphatic carbocycles. The summed E-state index contributed by atoms with van der Waals surface area (Å²) in [6.45, 7) is 6.03. The number of hydrogen-bond acceptors (Lipinski definition) is 4. The average Bonchev–Trinajstić information content (AvgIpc) is 2.55. The Morgan fingerprint density at radius 1 is 1.18 bits per heavy atom. The smallest absolute Gasteiger partial charge is 0.270 e. The van der Waals surface area contributed by atoms with E-state index in [4.69, 9.17) is 0 Å². The van der Waals surface area contributed by atoms with Crippen LogP contribution in [0.5, 0.6) is 0 Å². The zero-order chi connectivity index (χ0) is 15.9. The van der Waals surface area contributed by atoms with Crippen molar-refractivity contribution in [3.8, 4) is 0 Å². The van der Waals surface area contributed by atoms with Crippen LogP contribution >= 0.6 is 0 Å². The molecule has 0 saturated heterocycles. The summed E-state index contributed by atoms with van der Waals surface area (Å²) in [5.74, 6) is 0.278. The van der Waals surface area contributed by atoms with Gasteiger partial charge in [-0.25, -0.2) is 9.97 Å². The molecule has 2 N–H and O–H groups in total. The largest absolute Gasteiger partial charge is 0.348 e. The minimum Gasteiger partial charge on any atom is -0.348 e. The first-order valence-electron chi connectivity index (χ1n) is 7.55. The maximum atomic E-state index is 12.1. The molecule has 0 saturated carbocycles. The molecule has 1 amide bonds. The van der Waals surface area contributed by atoms with E-state index in [2.05, 4.69) is 20.6 Å². The molecule has 0 fully saturated rings. The number of carbonyl (C=O) groups is 1. The summed E-state index contributed by atoms with van der Waals surface area (Å²) in [6, 6.07) is 11.8. The second-order valence-electron chi connectivity index (χ2n) is 5.32. The Labute approximate surface area is 131 Å². The summed E-state index contributed by atoms with van der Waals surface area (Å²) in [5, 5.41) is 6.12. The van der Waals surface area contributed by atoms with Crippen LogP contribution in [0.4, 0.5) is 5.95 Å². The third-order valence-electron chi connectivity index (χ3n) is 3.52. The second kappa shape index (κ2) is 7.54. The van der Waals surface area contributed by atoms with Crippen molar-refractivity contribution >= 4 is 11.9 Å². The van der Waals surface area contributed by atoms with Gasteiger partial charge in [0.05, 0.1) is 6.04 Å². The number of amides is 1. The first kappa shape index (κ1) is 15.9. The first-order valence-corrected chi connectivity index (χ1v) is 7.55. The van der Waals surface area contributed by atoms with Gasteiger partial charge in [-0.15, -0.1) is 0 Å². The zero-order valence-electron chi connectivity index (χ0n) is 13.2. The highest BCUT2D eigenvalue weighted by Crippen LogP contribution is 2.16. The molecular formula is C17H22N4O. The topological polar surface area (TPSA) is 66.9 Å². The van der Waals surface area contributed by atoms with Gasteiger partial charge in [-0.2, -0.15) is 0 Å². The van der Waals surface area contributed by atoms with Gasteiger partial charge in [0.25, 0.3) is 5.91 Å². The summed E-state index contributed by atoms with van der Waals surface area (Å²) >= 11 is 0. The van der Waals surface area contributed by atoms with Crippen molar-refractivity contribution in [2.75, 3.05) is 5.32 Å². The number of rotatable bonds is 6. The maximum Gasteiger partial charge on any atom is 0.270 e. The lowest BCUT2D eigenvalue weighted by Crippen LogP contribution is -2.32. The Bertz CT molecular complexity index is 615. The van der Waals surface area contributed by atoms with Crippen LogP contribution in [-0.2, 0) is 0 Å². The fourth-order valence-corrected chi connectivity index (χ4v) is 1.97. The highest BCUT2D eigenvalue weighted by molar-refractivity contribution is 5.92. The van der Waals surface area contributed by atoms with Crippen molar-refractivity contribution in [2.45, 2.75) is 39.3 Å². The number of anilines is 1. The van der Waals surface area contributed by atoms with Crippen molar-refractivity contribution in [1.29, 1.82) is 0 Å². The number of nitrogens with zero attached hydrogens (tertiary/aromatic N) is 2. The van der Waals surface area contributed by atoms with Crippen LogP contribution in [0.2, 0.25) is 0 Å². The van der Waals surface area contributed by atoms with E-state index < -0.39 is 0 Å². The van der Waals surface area contributed by atoms with Crippen molar-refractivity contribution in [2.24, 2.45) is 0 Å². The molecule has 1 aromatic carbocycles. The summed E-state index contributed by atoms with van der Waals surface area (Å²) < 4.78 is 0. The molecule has 22 heavy (non-hydrogen) atoms. The molecule has 0 aliphatic heterocycles. The molecule has 2 aromatic rings. The lowest BCUT2D eigenvalue weighted by molar-refractivity contribution is 0.0934. The Balaban J connectivity index is 2.07. The van der Waals surface area contributed by atoms with E-state index in [0.717, 1.165) is 12.0 Å². The minimum absolute atomic E-state index is 0.0640. The van der Waals surface area contributed by atoms with Gasteiger partial charge in [-0.05, 0) is 31.9 Å². The zero-order valence-corrected chi connectivity index (χ0v) is 13.2. The molecule has 2 unspecified atom stereocenters. The van der Waals surface area contributed by atoms with Crippen LogP contribution in [0.1, 0.15) is 49.3 Å². The van der Waals surface area contributed by atoms with Crippen LogP contribution in [0.3, 0.4) is 0 Å². The Kier molecular flexibility index (Phi) is 5.47. The van der Waals surface area contributed by atoms with Crippen LogP contribution in [0.25, 0.3) is 0 Å². The monoisotopic (exact) mass is 298 g/mol. The molecular weight excluding hydrogens is 276 g/mol. The number of hydrogen-bond donors (Lipinski definition) is 2. The summed E-state index contributed by atoms with van der Waals surface area (Å²) in [7, 11) is 0. The normalized spacial score (nSPS) is 13.2. The quantitative estimate of drug-likeness (QED) is 0.859. The van der Waals surface area contributed by atoms with Gasteiger partial charge in [0, 0.05) is 12.2 Å². The lowest BCUT2D eigenvalue weighted by Gasteiger charge is -2.15. The van der Waals surface area contributed by atoms with Gasteiger partial charge < -0.3 is 10.6 Å². The van der Waals surface area contributed by atoms with E-state index in [1.54, 1.807) is 12.3 Å². The van der Waals surface area contributed by atoms with Gasteiger partial charge in [-0.1, -0.05) is 37.3 Å². The molecule has 0 aliphatic rings. The Morgan fingerprint density at radius 2 is 1.91 bits per heavy atom. The van der Waals surface area contributed by atoms with Gasteiger partial charge >= 0.3 is 0 Å². The van der Waals surface area contributed by atoms with E-state index in [0.29, 0.717) is 11.6 Å². The van der Waals surface area contributed by atoms with E-state index in [1.807, 2.05) is 51.1 Å². The second-order valence-corrected chi connectivity index (χ2v) is 5.32. The standard InChI is InChI=1S/C17H22N4O/c1-4-12(2)19-16(22)15-10-11-18-17(21-15)20-13(3)14-8-6-5-7-9-14/h5-13H,4H2,1-3H3,(H,19,22)(H,18,20,21). The summed E-state index contributed by atoms with van der Waals surface area (Å²) in [4.78, 5) is 20.6. The average molecular weight is 298 g/mol. The van der Waals surface area contributed by atoms with Crippen molar-refractivity contribution in [3.63, 3.8) is 0 Å². The van der Waals surface area contributed by atoms with Gasteiger partial charge in [0.1, 0.15) is 5.69 Å². The lowest BCUT2D eigenvalue weighted by atomic mass is 10.1. The first-order chi connectivity index (χ1) is 10.6. The summed E-state index contributed by atoms with van der Waals surface area (Å²) in [6.07, 6.45) is 2.48. The molecule has 1 heterocycles. The Morgan fingerprint density at radius 3 is 2.59 bits per heavy atom. The van der Waals surface area contributed by atoms with E-state index in [-0.39, 0.29) is 18.0 Å². The summed E-state index contributed by atoms with van der Waals surface area (Å²) in [5.41, 5.74) is 1.51. The molecule has 0 bridgehead atoms. The molecule has 2 rings (SSSR count). The van der Waals surface area contributed by atoms with E-state index in [1.165, 1.54) is 0 Å². The number of benzene rings is 1. The highest BCUT2D eigenvalue weighted by Gasteiger charge is 2.12. The predicted octanol–water partition coefficient (Wildman–Crippen LogP) is 3.18. The third-order valence-corrected chi connectivity index (χ3v) is 3.52. The fourth-order valence-electron chi connectivity index (χ4n) is 1.97. The van der Waals surface area contributed by atoms with E-state index in [9.17, 15) is 4.79 Å². The molecule has 0 radical (unpaired) electrons. The molecule has 5 heteroatoms. The molecule has 2 atom stereocenters. The van der Waals surface area contributed by atoms with Crippen LogP contribution in [0, 0.1) is 0 Å². The Hall–Kier alpha value is -2.43. The highest BCUT2D eigenvalue weighted by atomic mass is 16.1. The molecule has 1 aromatic heterocycles. The number of aromatic nitrogens is 2. The van der Waals surface area contributed by atoms with Gasteiger partial charge in [0.2, 0.25) is 5.95 Å². The maximum absolute atomic E-state index is 12.1. The van der Waals surface area contributed by atoms with Crippen LogP contribution < -0.4 is 10.6 Å². The fraction of sp³-hybridized carbons (Fsp3) is 0.353. The van der Waals surface area contributed by atoms with E-state index >= 15 is 0 Å². The molecule has 5 nitrogen and oxygen atoms in total. The van der Waals surface area contributed by atoms with Crippen molar-refractivity contribution in [3.05, 3.63) is 53.9 Å².